The molecule has 0 aromatic heterocycles. The minimum absolute atomic E-state index is 0.0514. The van der Waals surface area contributed by atoms with Crippen molar-refractivity contribution in [3.8, 4) is 11.5 Å². The number of hydrogen-bond donors (Lipinski definition) is 2. The molecule has 100 valence electrons. The molecule has 0 fully saturated rings. The zero-order chi connectivity index (χ0) is 13.9. The molecule has 0 saturated heterocycles. The van der Waals surface area contributed by atoms with Crippen molar-refractivity contribution in [3.05, 3.63) is 54.1 Å². The number of hydrogen-bond acceptors (Lipinski definition) is 4. The summed E-state index contributed by atoms with van der Waals surface area (Å²) in [4.78, 5) is 0.0514. The van der Waals surface area contributed by atoms with Crippen LogP contribution in [0.3, 0.4) is 0 Å². The van der Waals surface area contributed by atoms with Crippen molar-refractivity contribution in [2.45, 2.75) is 11.4 Å². The van der Waals surface area contributed by atoms with Crippen LogP contribution in [-0.2, 0) is 16.6 Å². The minimum atomic E-state index is -3.68. The first kappa shape index (κ1) is 13.5. The Balaban J connectivity index is 2.19. The summed E-state index contributed by atoms with van der Waals surface area (Å²) in [5.41, 5.74) is 6.50. The zero-order valence-corrected chi connectivity index (χ0v) is 10.9. The molecule has 0 aliphatic rings. The van der Waals surface area contributed by atoms with Gasteiger partial charge in [-0.25, -0.2) is 13.6 Å². The lowest BCUT2D eigenvalue weighted by atomic mass is 10.2. The molecule has 0 unspecified atom stereocenters. The van der Waals surface area contributed by atoms with Gasteiger partial charge in [0.25, 0.3) is 0 Å². The number of rotatable bonds is 4. The van der Waals surface area contributed by atoms with Crippen LogP contribution in [0.15, 0.2) is 53.4 Å². The lowest BCUT2D eigenvalue weighted by molar-refractivity contribution is 0.481. The molecule has 0 bridgehead atoms. The molecule has 0 aliphatic heterocycles. The lowest BCUT2D eigenvalue weighted by Gasteiger charge is -2.07. The maximum Gasteiger partial charge on any atom is 0.238 e. The summed E-state index contributed by atoms with van der Waals surface area (Å²) in [6, 6.07) is 13.3. The normalized spacial score (nSPS) is 11.3. The fourth-order valence-electron chi connectivity index (χ4n) is 1.57. The third-order valence-corrected chi connectivity index (χ3v) is 3.45. The van der Waals surface area contributed by atoms with E-state index in [1.165, 1.54) is 12.1 Å². The Bertz CT molecular complexity index is 667. The van der Waals surface area contributed by atoms with Gasteiger partial charge in [0, 0.05) is 6.54 Å². The average molecular weight is 278 g/mol. The van der Waals surface area contributed by atoms with E-state index in [1.807, 2.05) is 18.2 Å². The Hall–Kier alpha value is -1.89. The van der Waals surface area contributed by atoms with E-state index in [2.05, 4.69) is 0 Å². The van der Waals surface area contributed by atoms with Crippen LogP contribution in [0.5, 0.6) is 11.5 Å². The summed E-state index contributed by atoms with van der Waals surface area (Å²) < 4.78 is 27.8. The van der Waals surface area contributed by atoms with E-state index < -0.39 is 10.0 Å². The van der Waals surface area contributed by atoms with E-state index in [0.29, 0.717) is 18.0 Å². The third-order valence-electron chi connectivity index (χ3n) is 2.52. The Morgan fingerprint density at radius 2 is 1.68 bits per heavy atom. The maximum atomic E-state index is 11.1. The largest absolute Gasteiger partial charge is 0.457 e. The Labute approximate surface area is 111 Å². The van der Waals surface area contributed by atoms with Crippen LogP contribution < -0.4 is 15.6 Å². The molecule has 2 aromatic rings. The van der Waals surface area contributed by atoms with Gasteiger partial charge in [-0.1, -0.05) is 12.1 Å². The topological polar surface area (TPSA) is 95.4 Å². The third kappa shape index (κ3) is 3.54. The van der Waals surface area contributed by atoms with Crippen molar-refractivity contribution in [2.24, 2.45) is 10.9 Å². The minimum Gasteiger partial charge on any atom is -0.457 e. The van der Waals surface area contributed by atoms with Crippen molar-refractivity contribution in [3.63, 3.8) is 0 Å². The molecular formula is C13H14N2O3S. The van der Waals surface area contributed by atoms with E-state index >= 15 is 0 Å². The fraction of sp³-hybridized carbons (Fsp3) is 0.0769. The van der Waals surface area contributed by atoms with Crippen LogP contribution >= 0.6 is 0 Å². The average Bonchev–Trinajstić information content (AvgIpc) is 2.38. The number of nitrogens with two attached hydrogens (primary N) is 2. The number of benzene rings is 2. The number of sulfonamides is 1. The molecule has 2 rings (SSSR count). The molecule has 6 heteroatoms. The molecule has 0 saturated carbocycles. The highest BCUT2D eigenvalue weighted by molar-refractivity contribution is 7.89. The highest BCUT2D eigenvalue weighted by atomic mass is 32.2. The molecule has 0 amide bonds. The molecular weight excluding hydrogens is 264 g/mol. The van der Waals surface area contributed by atoms with Gasteiger partial charge in [0.2, 0.25) is 10.0 Å². The Kier molecular flexibility index (Phi) is 3.84. The van der Waals surface area contributed by atoms with Gasteiger partial charge >= 0.3 is 0 Å². The smallest absolute Gasteiger partial charge is 0.238 e. The van der Waals surface area contributed by atoms with Crippen molar-refractivity contribution in [2.75, 3.05) is 0 Å². The maximum absolute atomic E-state index is 11.1. The van der Waals surface area contributed by atoms with E-state index in [-0.39, 0.29) is 4.90 Å². The highest BCUT2D eigenvalue weighted by Gasteiger charge is 2.07. The molecule has 19 heavy (non-hydrogen) atoms. The first-order valence-corrected chi connectivity index (χ1v) is 7.13. The first-order chi connectivity index (χ1) is 8.99. The van der Waals surface area contributed by atoms with E-state index in [4.69, 9.17) is 15.6 Å². The van der Waals surface area contributed by atoms with E-state index in [0.717, 1.165) is 5.56 Å². The van der Waals surface area contributed by atoms with Crippen LogP contribution in [0.1, 0.15) is 5.56 Å². The second-order valence-electron chi connectivity index (χ2n) is 3.97. The first-order valence-electron chi connectivity index (χ1n) is 5.59. The van der Waals surface area contributed by atoms with Gasteiger partial charge < -0.3 is 10.5 Å². The van der Waals surface area contributed by atoms with Crippen LogP contribution in [0.4, 0.5) is 0 Å². The van der Waals surface area contributed by atoms with Crippen molar-refractivity contribution in [1.29, 1.82) is 0 Å². The predicted molar refractivity (Wildman–Crippen MR) is 72.2 cm³/mol. The molecule has 5 nitrogen and oxygen atoms in total. The summed E-state index contributed by atoms with van der Waals surface area (Å²) in [5, 5.41) is 5.01. The number of primary sulfonamides is 1. The molecule has 0 aliphatic carbocycles. The quantitative estimate of drug-likeness (QED) is 0.887. The van der Waals surface area contributed by atoms with Crippen molar-refractivity contribution < 1.29 is 13.2 Å². The van der Waals surface area contributed by atoms with Gasteiger partial charge in [0.15, 0.2) is 0 Å². The van der Waals surface area contributed by atoms with Crippen LogP contribution in [0.25, 0.3) is 0 Å². The summed E-state index contributed by atoms with van der Waals surface area (Å²) >= 11 is 0. The second-order valence-corrected chi connectivity index (χ2v) is 5.53. The zero-order valence-electron chi connectivity index (χ0n) is 10.1. The van der Waals surface area contributed by atoms with Crippen LogP contribution in [-0.4, -0.2) is 8.42 Å². The summed E-state index contributed by atoms with van der Waals surface area (Å²) in [6.45, 7) is 0.432. The van der Waals surface area contributed by atoms with Gasteiger partial charge in [-0.15, -0.1) is 0 Å². The molecule has 2 aromatic carbocycles. The second kappa shape index (κ2) is 5.40. The van der Waals surface area contributed by atoms with Crippen molar-refractivity contribution >= 4 is 10.0 Å². The SMILES string of the molecule is NCc1cccc(Oc2ccc(S(N)(=O)=O)cc2)c1. The standard InChI is InChI=1S/C13H14N2O3S/c14-9-10-2-1-3-12(8-10)18-11-4-6-13(7-5-11)19(15,16)17/h1-8H,9,14H2,(H2,15,16,17). The van der Waals surface area contributed by atoms with Crippen LogP contribution in [0, 0.1) is 0 Å². The molecule has 0 heterocycles. The predicted octanol–water partition coefficient (Wildman–Crippen LogP) is 1.59. The van der Waals surface area contributed by atoms with Gasteiger partial charge in [0.1, 0.15) is 11.5 Å². The monoisotopic (exact) mass is 278 g/mol. The van der Waals surface area contributed by atoms with Gasteiger partial charge in [0.05, 0.1) is 4.90 Å². The lowest BCUT2D eigenvalue weighted by Crippen LogP contribution is -2.11. The van der Waals surface area contributed by atoms with E-state index in [1.54, 1.807) is 18.2 Å². The fourth-order valence-corrected chi connectivity index (χ4v) is 2.08. The Morgan fingerprint density at radius 1 is 1.00 bits per heavy atom. The van der Waals surface area contributed by atoms with E-state index in [9.17, 15) is 8.42 Å². The molecule has 0 atom stereocenters. The van der Waals surface area contributed by atoms with Gasteiger partial charge in [-0.05, 0) is 42.0 Å². The highest BCUT2D eigenvalue weighted by Crippen LogP contribution is 2.23. The summed E-state index contributed by atoms with van der Waals surface area (Å²) in [6.07, 6.45) is 0. The van der Waals surface area contributed by atoms with Crippen LogP contribution in [0.2, 0.25) is 0 Å². The van der Waals surface area contributed by atoms with Gasteiger partial charge in [-0.2, -0.15) is 0 Å². The summed E-state index contributed by atoms with van der Waals surface area (Å²) in [7, 11) is -3.68. The number of ether oxygens (including phenoxy) is 1. The Morgan fingerprint density at radius 3 is 2.26 bits per heavy atom. The van der Waals surface area contributed by atoms with Gasteiger partial charge in [-0.3, -0.25) is 0 Å². The summed E-state index contributed by atoms with van der Waals surface area (Å²) in [5.74, 6) is 1.17. The molecule has 4 N–H and O–H groups in total. The van der Waals surface area contributed by atoms with Crippen molar-refractivity contribution in [1.82, 2.24) is 0 Å². The molecule has 0 spiro atoms. The molecule has 0 radical (unpaired) electrons.